The lowest BCUT2D eigenvalue weighted by Gasteiger charge is -2.10. The van der Waals surface area contributed by atoms with Gasteiger partial charge in [0.1, 0.15) is 0 Å². The Labute approximate surface area is 100 Å². The monoisotopic (exact) mass is 232 g/mol. The van der Waals surface area contributed by atoms with Crippen molar-refractivity contribution in [2.45, 2.75) is 26.4 Å². The van der Waals surface area contributed by atoms with E-state index in [-0.39, 0.29) is 11.9 Å². The van der Waals surface area contributed by atoms with Gasteiger partial charge in [0.2, 0.25) is 6.10 Å². The van der Waals surface area contributed by atoms with Gasteiger partial charge in [-0.1, -0.05) is 38.1 Å². The second kappa shape index (κ2) is 4.57. The Morgan fingerprint density at radius 3 is 2.47 bits per heavy atom. The lowest BCUT2D eigenvalue weighted by molar-refractivity contribution is -0.122. The van der Waals surface area contributed by atoms with Gasteiger partial charge in [0, 0.05) is 5.56 Å². The van der Waals surface area contributed by atoms with Crippen LogP contribution in [0.25, 0.3) is 0 Å². The number of hydrogen-bond acceptors (Lipinski definition) is 3. The van der Waals surface area contributed by atoms with Crippen molar-refractivity contribution < 1.29 is 9.53 Å². The fraction of sp³-hybridized carbons (Fsp3) is 0.385. The van der Waals surface area contributed by atoms with Gasteiger partial charge in [-0.15, -0.1) is 0 Å². The zero-order chi connectivity index (χ0) is 12.4. The molecular weight excluding hydrogens is 216 g/mol. The number of nitrogens with two attached hydrogens (primary N) is 1. The molecule has 1 aromatic rings. The molecule has 2 N–H and O–H groups in total. The molecule has 0 aliphatic carbocycles. The van der Waals surface area contributed by atoms with E-state index in [2.05, 4.69) is 18.8 Å². The van der Waals surface area contributed by atoms with Gasteiger partial charge in [-0.05, 0) is 17.9 Å². The number of aliphatic imine (C=N–C) groups is 1. The summed E-state index contributed by atoms with van der Waals surface area (Å²) in [7, 11) is 0. The van der Waals surface area contributed by atoms with E-state index in [4.69, 9.17) is 10.5 Å². The summed E-state index contributed by atoms with van der Waals surface area (Å²) in [6.45, 7) is 4.35. The molecule has 1 aliphatic heterocycles. The van der Waals surface area contributed by atoms with Gasteiger partial charge in [-0.3, -0.25) is 4.79 Å². The third kappa shape index (κ3) is 2.64. The molecule has 0 saturated carbocycles. The molecule has 90 valence electrons. The first kappa shape index (κ1) is 11.6. The van der Waals surface area contributed by atoms with Gasteiger partial charge >= 0.3 is 0 Å². The van der Waals surface area contributed by atoms with Crippen LogP contribution in [0.15, 0.2) is 29.3 Å². The maximum absolute atomic E-state index is 11.5. The molecule has 4 heteroatoms. The number of amidine groups is 1. The molecule has 1 unspecified atom stereocenters. The number of amides is 1. The van der Waals surface area contributed by atoms with E-state index in [1.54, 1.807) is 0 Å². The van der Waals surface area contributed by atoms with Crippen molar-refractivity contribution in [3.8, 4) is 0 Å². The zero-order valence-electron chi connectivity index (χ0n) is 10.0. The molecule has 1 aromatic carbocycles. The van der Waals surface area contributed by atoms with E-state index >= 15 is 0 Å². The maximum Gasteiger partial charge on any atom is 0.296 e. The molecule has 0 aromatic heterocycles. The summed E-state index contributed by atoms with van der Waals surface area (Å²) in [4.78, 5) is 15.0. The van der Waals surface area contributed by atoms with Crippen molar-refractivity contribution in [3.05, 3.63) is 35.4 Å². The minimum absolute atomic E-state index is 0.0498. The van der Waals surface area contributed by atoms with Crippen molar-refractivity contribution in [2.75, 3.05) is 0 Å². The van der Waals surface area contributed by atoms with Crippen LogP contribution in [0.1, 0.15) is 31.1 Å². The first-order chi connectivity index (χ1) is 8.06. The summed E-state index contributed by atoms with van der Waals surface area (Å²) in [5, 5.41) is 0. The number of rotatable bonds is 3. The van der Waals surface area contributed by atoms with Crippen molar-refractivity contribution in [1.82, 2.24) is 0 Å². The highest BCUT2D eigenvalue weighted by Crippen LogP contribution is 2.23. The smallest absolute Gasteiger partial charge is 0.296 e. The number of carbonyl (C=O) groups excluding carboxylic acids is 1. The molecule has 4 nitrogen and oxygen atoms in total. The van der Waals surface area contributed by atoms with Crippen molar-refractivity contribution in [2.24, 2.45) is 16.6 Å². The highest BCUT2D eigenvalue weighted by atomic mass is 16.5. The highest BCUT2D eigenvalue weighted by molar-refractivity contribution is 5.98. The highest BCUT2D eigenvalue weighted by Gasteiger charge is 2.29. The number of benzene rings is 1. The predicted molar refractivity (Wildman–Crippen MR) is 65.4 cm³/mol. The lowest BCUT2D eigenvalue weighted by Crippen LogP contribution is -2.14. The van der Waals surface area contributed by atoms with Crippen LogP contribution in [-0.2, 0) is 16.0 Å². The van der Waals surface area contributed by atoms with Crippen molar-refractivity contribution >= 4 is 11.9 Å². The summed E-state index contributed by atoms with van der Waals surface area (Å²) in [6, 6.07) is 7.77. The molecule has 0 spiro atoms. The van der Waals surface area contributed by atoms with Crippen LogP contribution in [-0.4, -0.2) is 11.9 Å². The normalized spacial score (nSPS) is 19.4. The van der Waals surface area contributed by atoms with Gasteiger partial charge in [0.05, 0.1) is 0 Å². The molecule has 1 heterocycles. The molecule has 17 heavy (non-hydrogen) atoms. The number of hydrogen-bond donors (Lipinski definition) is 1. The molecule has 1 amide bonds. The predicted octanol–water partition coefficient (Wildman–Crippen LogP) is 1.80. The van der Waals surface area contributed by atoms with Crippen LogP contribution in [0.2, 0.25) is 0 Å². The van der Waals surface area contributed by atoms with Crippen molar-refractivity contribution in [3.63, 3.8) is 0 Å². The molecule has 0 bridgehead atoms. The quantitative estimate of drug-likeness (QED) is 0.864. The largest absolute Gasteiger partial charge is 0.447 e. The minimum atomic E-state index is -0.664. The van der Waals surface area contributed by atoms with E-state index in [0.29, 0.717) is 5.92 Å². The SMILES string of the molecule is CC(C)Cc1ccc(C2OC(N)=NC2=O)cc1. The Balaban J connectivity index is 2.11. The summed E-state index contributed by atoms with van der Waals surface area (Å²) in [6.07, 6.45) is 0.362. The topological polar surface area (TPSA) is 64.7 Å². The molecule has 0 fully saturated rings. The Morgan fingerprint density at radius 1 is 1.35 bits per heavy atom. The van der Waals surface area contributed by atoms with Crippen LogP contribution < -0.4 is 5.73 Å². The van der Waals surface area contributed by atoms with Crippen molar-refractivity contribution in [1.29, 1.82) is 0 Å². The van der Waals surface area contributed by atoms with Gasteiger partial charge < -0.3 is 10.5 Å². The lowest BCUT2D eigenvalue weighted by atomic mass is 10.0. The van der Waals surface area contributed by atoms with Crippen LogP contribution in [0, 0.1) is 5.92 Å². The van der Waals surface area contributed by atoms with Crippen LogP contribution in [0.5, 0.6) is 0 Å². The Bertz CT molecular complexity index is 449. The third-order valence-corrected chi connectivity index (χ3v) is 2.61. The van der Waals surface area contributed by atoms with Gasteiger partial charge in [-0.25, -0.2) is 0 Å². The average molecular weight is 232 g/mol. The second-order valence-corrected chi connectivity index (χ2v) is 4.63. The minimum Gasteiger partial charge on any atom is -0.447 e. The molecule has 2 rings (SSSR count). The number of ether oxygens (including phenoxy) is 1. The Morgan fingerprint density at radius 2 is 2.00 bits per heavy atom. The standard InChI is InChI=1S/C13H16N2O2/c1-8(2)7-9-3-5-10(6-4-9)11-12(16)15-13(14)17-11/h3-6,8,11H,7H2,1-2H3,(H2,14,15,16). The summed E-state index contributed by atoms with van der Waals surface area (Å²) in [5.41, 5.74) is 7.41. The number of nitrogens with zero attached hydrogens (tertiary/aromatic N) is 1. The maximum atomic E-state index is 11.5. The van der Waals surface area contributed by atoms with E-state index in [0.717, 1.165) is 12.0 Å². The van der Waals surface area contributed by atoms with Gasteiger partial charge in [-0.2, -0.15) is 4.99 Å². The molecule has 0 saturated heterocycles. The molecule has 1 atom stereocenters. The molecule has 1 aliphatic rings. The van der Waals surface area contributed by atoms with Crippen LogP contribution in [0.3, 0.4) is 0 Å². The van der Waals surface area contributed by atoms with E-state index in [9.17, 15) is 4.79 Å². The fourth-order valence-corrected chi connectivity index (χ4v) is 1.88. The molecular formula is C13H16N2O2. The molecule has 0 radical (unpaired) electrons. The second-order valence-electron chi connectivity index (χ2n) is 4.63. The summed E-state index contributed by atoms with van der Waals surface area (Å²) < 4.78 is 5.16. The number of carbonyl (C=O) groups is 1. The van der Waals surface area contributed by atoms with E-state index in [1.807, 2.05) is 24.3 Å². The zero-order valence-corrected chi connectivity index (χ0v) is 10.0. The van der Waals surface area contributed by atoms with E-state index in [1.165, 1.54) is 5.56 Å². The van der Waals surface area contributed by atoms with Crippen LogP contribution >= 0.6 is 0 Å². The Kier molecular flexibility index (Phi) is 3.13. The summed E-state index contributed by atoms with van der Waals surface area (Å²) >= 11 is 0. The van der Waals surface area contributed by atoms with Gasteiger partial charge in [0.25, 0.3) is 11.9 Å². The first-order valence-corrected chi connectivity index (χ1v) is 5.70. The third-order valence-electron chi connectivity index (χ3n) is 2.61. The van der Waals surface area contributed by atoms with E-state index < -0.39 is 6.10 Å². The average Bonchev–Trinajstić information content (AvgIpc) is 2.58. The first-order valence-electron chi connectivity index (χ1n) is 5.70. The van der Waals surface area contributed by atoms with Crippen LogP contribution in [0.4, 0.5) is 0 Å². The summed E-state index contributed by atoms with van der Waals surface area (Å²) in [5.74, 6) is 0.281. The fourth-order valence-electron chi connectivity index (χ4n) is 1.88. The Hall–Kier alpha value is -1.84. The van der Waals surface area contributed by atoms with Gasteiger partial charge in [0.15, 0.2) is 0 Å².